The highest BCUT2D eigenvalue weighted by atomic mass is 16.5. The summed E-state index contributed by atoms with van der Waals surface area (Å²) in [4.78, 5) is 2.37. The Morgan fingerprint density at radius 2 is 1.75 bits per heavy atom. The van der Waals surface area contributed by atoms with Crippen LogP contribution in [0.15, 0.2) is 18.2 Å². The molecule has 2 fully saturated rings. The number of hydrogen-bond donors (Lipinski definition) is 2. The number of nitrogens with zero attached hydrogens (tertiary/aromatic N) is 1. The van der Waals surface area contributed by atoms with Gasteiger partial charge in [0.15, 0.2) is 0 Å². The smallest absolute Gasteiger partial charge is 0.137 e. The summed E-state index contributed by atoms with van der Waals surface area (Å²) in [6.45, 7) is 5.59. The van der Waals surface area contributed by atoms with Gasteiger partial charge in [-0.05, 0) is 56.4 Å². The number of aryl methyl sites for hydroxylation is 2. The summed E-state index contributed by atoms with van der Waals surface area (Å²) in [5.74, 6) is 0.767. The summed E-state index contributed by atoms with van der Waals surface area (Å²) >= 11 is 0. The number of likely N-dealkylation sites (tertiary alicyclic amines) is 1. The highest BCUT2D eigenvalue weighted by molar-refractivity contribution is 5.33. The topological polar surface area (TPSA) is 52.9 Å². The maximum atomic E-state index is 11.0. The fourth-order valence-corrected chi connectivity index (χ4v) is 4.22. The lowest BCUT2D eigenvalue weighted by molar-refractivity contribution is -0.146. The highest BCUT2D eigenvalue weighted by Crippen LogP contribution is 2.30. The summed E-state index contributed by atoms with van der Waals surface area (Å²) < 4.78 is 5.88. The first kappa shape index (κ1) is 17.7. The second-order valence-electron chi connectivity index (χ2n) is 7.78. The number of β-amino-alcohol motifs (C(OH)–C–C–N with tert-alkyl or cyclic N) is 1. The molecule has 4 nitrogen and oxygen atoms in total. The van der Waals surface area contributed by atoms with Crippen LogP contribution in [0.2, 0.25) is 0 Å². The number of piperidine rings is 1. The van der Waals surface area contributed by atoms with Crippen molar-refractivity contribution in [3.63, 3.8) is 0 Å². The molecule has 1 aromatic rings. The van der Waals surface area contributed by atoms with Crippen LogP contribution in [0.5, 0.6) is 5.75 Å². The van der Waals surface area contributed by atoms with Crippen LogP contribution < -0.4 is 4.74 Å². The van der Waals surface area contributed by atoms with E-state index < -0.39 is 11.7 Å². The second kappa shape index (κ2) is 7.42. The summed E-state index contributed by atoms with van der Waals surface area (Å²) in [5, 5.41) is 21.4. The van der Waals surface area contributed by atoms with E-state index in [0.717, 1.165) is 23.4 Å². The van der Waals surface area contributed by atoms with Gasteiger partial charge in [0.2, 0.25) is 0 Å². The molecular formula is C20H31NO3. The third-order valence-electron chi connectivity index (χ3n) is 5.56. The molecule has 0 bridgehead atoms. The fraction of sp³-hybridized carbons (Fsp3) is 0.700. The van der Waals surface area contributed by atoms with Crippen molar-refractivity contribution in [3.05, 3.63) is 29.3 Å². The molecule has 134 valence electrons. The van der Waals surface area contributed by atoms with Gasteiger partial charge >= 0.3 is 0 Å². The zero-order valence-corrected chi connectivity index (χ0v) is 15.0. The van der Waals surface area contributed by atoms with Crippen LogP contribution in [-0.2, 0) is 0 Å². The van der Waals surface area contributed by atoms with E-state index in [1.807, 2.05) is 26.0 Å². The zero-order chi connectivity index (χ0) is 17.2. The summed E-state index contributed by atoms with van der Waals surface area (Å²) in [6, 6.07) is 6.61. The highest BCUT2D eigenvalue weighted by Gasteiger charge is 2.43. The molecule has 1 aliphatic carbocycles. The molecule has 0 spiro atoms. The van der Waals surface area contributed by atoms with Crippen molar-refractivity contribution in [2.75, 3.05) is 19.7 Å². The molecule has 3 rings (SSSR count). The monoisotopic (exact) mass is 333 g/mol. The standard InChI is InChI=1S/C20H31NO3/c1-15-10-16(2)12-18(11-15)24-14-20(23)13-21(9-8-19(20)22)17-6-4-3-5-7-17/h10-12,17,19,22-23H,3-9,13-14H2,1-2H3/t19-,20-/m0/s1. The number of hydrogen-bond acceptors (Lipinski definition) is 4. The summed E-state index contributed by atoms with van der Waals surface area (Å²) in [6.07, 6.45) is 6.20. The van der Waals surface area contributed by atoms with Crippen molar-refractivity contribution in [2.24, 2.45) is 0 Å². The van der Waals surface area contributed by atoms with Crippen LogP contribution >= 0.6 is 0 Å². The number of rotatable bonds is 4. The molecule has 1 aliphatic heterocycles. The molecule has 0 aromatic heterocycles. The zero-order valence-electron chi connectivity index (χ0n) is 15.0. The normalized spacial score (nSPS) is 29.6. The number of ether oxygens (including phenoxy) is 1. The lowest BCUT2D eigenvalue weighted by Crippen LogP contribution is -2.61. The van der Waals surface area contributed by atoms with Crippen molar-refractivity contribution in [1.29, 1.82) is 0 Å². The van der Waals surface area contributed by atoms with E-state index in [0.29, 0.717) is 19.0 Å². The molecule has 0 unspecified atom stereocenters. The first-order valence-electron chi connectivity index (χ1n) is 9.32. The van der Waals surface area contributed by atoms with Crippen molar-refractivity contribution in [1.82, 2.24) is 4.90 Å². The molecule has 24 heavy (non-hydrogen) atoms. The Kier molecular flexibility index (Phi) is 5.48. The van der Waals surface area contributed by atoms with Crippen LogP contribution in [0.1, 0.15) is 49.7 Å². The SMILES string of the molecule is Cc1cc(C)cc(OC[C@@]2(O)CN(C3CCCCC3)CC[C@@H]2O)c1. The maximum Gasteiger partial charge on any atom is 0.137 e. The van der Waals surface area contributed by atoms with E-state index in [9.17, 15) is 10.2 Å². The van der Waals surface area contributed by atoms with Gasteiger partial charge in [0, 0.05) is 19.1 Å². The third-order valence-corrected chi connectivity index (χ3v) is 5.56. The Bertz CT molecular complexity index is 536. The Balaban J connectivity index is 1.64. The van der Waals surface area contributed by atoms with E-state index in [1.54, 1.807) is 0 Å². The molecule has 1 saturated carbocycles. The molecule has 2 atom stereocenters. The van der Waals surface area contributed by atoms with Crippen LogP contribution in [-0.4, -0.2) is 52.6 Å². The van der Waals surface area contributed by atoms with E-state index in [1.165, 1.54) is 32.1 Å². The second-order valence-corrected chi connectivity index (χ2v) is 7.78. The minimum Gasteiger partial charge on any atom is -0.490 e. The van der Waals surface area contributed by atoms with Gasteiger partial charge in [-0.3, -0.25) is 4.90 Å². The van der Waals surface area contributed by atoms with E-state index in [2.05, 4.69) is 11.0 Å². The first-order chi connectivity index (χ1) is 11.5. The van der Waals surface area contributed by atoms with Crippen LogP contribution in [0, 0.1) is 13.8 Å². The molecule has 0 radical (unpaired) electrons. The van der Waals surface area contributed by atoms with Crippen molar-refractivity contribution in [3.8, 4) is 5.75 Å². The number of aliphatic hydroxyl groups is 2. The van der Waals surface area contributed by atoms with Gasteiger partial charge in [-0.1, -0.05) is 25.3 Å². The number of benzene rings is 1. The summed E-state index contributed by atoms with van der Waals surface area (Å²) in [7, 11) is 0. The average molecular weight is 333 g/mol. The van der Waals surface area contributed by atoms with E-state index in [-0.39, 0.29) is 6.61 Å². The first-order valence-corrected chi connectivity index (χ1v) is 9.32. The van der Waals surface area contributed by atoms with Crippen LogP contribution in [0.25, 0.3) is 0 Å². The maximum absolute atomic E-state index is 11.0. The molecular weight excluding hydrogens is 302 g/mol. The third kappa shape index (κ3) is 4.11. The van der Waals surface area contributed by atoms with Gasteiger partial charge in [-0.15, -0.1) is 0 Å². The van der Waals surface area contributed by atoms with Gasteiger partial charge < -0.3 is 14.9 Å². The molecule has 1 saturated heterocycles. The average Bonchev–Trinajstić information content (AvgIpc) is 2.56. The van der Waals surface area contributed by atoms with Gasteiger partial charge in [-0.25, -0.2) is 0 Å². The quantitative estimate of drug-likeness (QED) is 0.890. The van der Waals surface area contributed by atoms with Gasteiger partial charge in [0.05, 0.1) is 6.10 Å². The number of aliphatic hydroxyl groups excluding tert-OH is 1. The summed E-state index contributed by atoms with van der Waals surface area (Å²) in [5.41, 5.74) is 1.10. The van der Waals surface area contributed by atoms with Crippen molar-refractivity contribution in [2.45, 2.75) is 70.1 Å². The fourth-order valence-electron chi connectivity index (χ4n) is 4.22. The molecule has 1 aromatic carbocycles. The molecule has 2 aliphatic rings. The van der Waals surface area contributed by atoms with Gasteiger partial charge in [-0.2, -0.15) is 0 Å². The minimum atomic E-state index is -1.19. The van der Waals surface area contributed by atoms with Crippen LogP contribution in [0.4, 0.5) is 0 Å². The molecule has 1 heterocycles. The Morgan fingerprint density at radius 1 is 1.08 bits per heavy atom. The van der Waals surface area contributed by atoms with Gasteiger partial charge in [0.25, 0.3) is 0 Å². The van der Waals surface area contributed by atoms with Crippen LogP contribution in [0.3, 0.4) is 0 Å². The Morgan fingerprint density at radius 3 is 2.42 bits per heavy atom. The van der Waals surface area contributed by atoms with E-state index in [4.69, 9.17) is 4.74 Å². The van der Waals surface area contributed by atoms with Crippen molar-refractivity contribution >= 4 is 0 Å². The van der Waals surface area contributed by atoms with E-state index >= 15 is 0 Å². The molecule has 2 N–H and O–H groups in total. The Labute approximate surface area is 145 Å². The predicted molar refractivity (Wildman–Crippen MR) is 95.4 cm³/mol. The Hall–Kier alpha value is -1.10. The largest absolute Gasteiger partial charge is 0.490 e. The lowest BCUT2D eigenvalue weighted by atomic mass is 9.86. The van der Waals surface area contributed by atoms with Crippen molar-refractivity contribution < 1.29 is 14.9 Å². The van der Waals surface area contributed by atoms with Gasteiger partial charge in [0.1, 0.15) is 18.0 Å². The lowest BCUT2D eigenvalue weighted by Gasteiger charge is -2.46. The minimum absolute atomic E-state index is 0.139. The predicted octanol–water partition coefficient (Wildman–Crippen LogP) is 2.81. The molecule has 0 amide bonds. The molecule has 4 heteroatoms.